The van der Waals surface area contributed by atoms with E-state index in [2.05, 4.69) is 11.8 Å². The first-order valence-electron chi connectivity index (χ1n) is 16.5. The molecule has 5 nitrogen and oxygen atoms in total. The molecule has 0 aromatic carbocycles. The number of rotatable bonds is 28. The molecule has 224 valence electrons. The van der Waals surface area contributed by atoms with Crippen molar-refractivity contribution in [1.29, 1.82) is 0 Å². The van der Waals surface area contributed by atoms with Gasteiger partial charge < -0.3 is 14.7 Å². The van der Waals surface area contributed by atoms with Crippen LogP contribution in [0.2, 0.25) is 0 Å². The SMILES string of the molecule is CCCCCCCCCC(CCCCCCCCC1CC1CCCCCC(=O)O)OC(=O)CCCN(C)C. The van der Waals surface area contributed by atoms with E-state index in [0.717, 1.165) is 50.5 Å². The van der Waals surface area contributed by atoms with Gasteiger partial charge in [0.05, 0.1) is 0 Å². The number of hydrogen-bond acceptors (Lipinski definition) is 4. The number of esters is 1. The van der Waals surface area contributed by atoms with Gasteiger partial charge in [-0.1, -0.05) is 103 Å². The first kappa shape index (κ1) is 34.9. The molecule has 3 unspecified atom stereocenters. The van der Waals surface area contributed by atoms with Crippen LogP contribution in [0.15, 0.2) is 0 Å². The van der Waals surface area contributed by atoms with Crippen molar-refractivity contribution in [2.45, 2.75) is 167 Å². The molecule has 1 rings (SSSR count). The minimum Gasteiger partial charge on any atom is -0.481 e. The third kappa shape index (κ3) is 21.8. The minimum absolute atomic E-state index is 0.00145. The Bertz CT molecular complexity index is 579. The number of nitrogens with zero attached hydrogens (tertiary/aromatic N) is 1. The van der Waals surface area contributed by atoms with Gasteiger partial charge in [-0.05, 0) is 77.4 Å². The fourth-order valence-corrected chi connectivity index (χ4v) is 5.74. The van der Waals surface area contributed by atoms with Crippen LogP contribution in [0.3, 0.4) is 0 Å². The molecule has 1 N–H and O–H groups in total. The number of carbonyl (C=O) groups excluding carboxylic acids is 1. The maximum absolute atomic E-state index is 12.4. The molecule has 0 bridgehead atoms. The highest BCUT2D eigenvalue weighted by molar-refractivity contribution is 5.69. The van der Waals surface area contributed by atoms with Crippen molar-refractivity contribution in [2.24, 2.45) is 11.8 Å². The molecule has 5 heteroatoms. The van der Waals surface area contributed by atoms with Crippen molar-refractivity contribution in [3.8, 4) is 0 Å². The predicted molar refractivity (Wildman–Crippen MR) is 160 cm³/mol. The standard InChI is InChI=1S/C33H63NO4/c1-4-5-6-7-8-12-17-23-31(38-33(37)26-20-27-34(2)3)24-18-13-10-9-11-15-21-29-28-30(29)22-16-14-19-25-32(35)36/h29-31H,4-28H2,1-3H3,(H,35,36). The lowest BCUT2D eigenvalue weighted by Gasteiger charge is -2.18. The van der Waals surface area contributed by atoms with Gasteiger partial charge in [0.15, 0.2) is 0 Å². The summed E-state index contributed by atoms with van der Waals surface area (Å²) in [6.45, 7) is 3.20. The topological polar surface area (TPSA) is 66.8 Å². The van der Waals surface area contributed by atoms with Gasteiger partial charge in [0.1, 0.15) is 6.10 Å². The summed E-state index contributed by atoms with van der Waals surface area (Å²) in [4.78, 5) is 25.1. The van der Waals surface area contributed by atoms with Crippen LogP contribution in [0, 0.1) is 11.8 Å². The summed E-state index contributed by atoms with van der Waals surface area (Å²) in [5, 5.41) is 8.71. The van der Waals surface area contributed by atoms with Gasteiger partial charge in [-0.15, -0.1) is 0 Å². The Hall–Kier alpha value is -1.10. The molecule has 1 aliphatic rings. The average Bonchev–Trinajstić information content (AvgIpc) is 3.62. The molecule has 3 atom stereocenters. The van der Waals surface area contributed by atoms with Crippen molar-refractivity contribution in [1.82, 2.24) is 4.90 Å². The zero-order valence-corrected chi connectivity index (χ0v) is 25.5. The monoisotopic (exact) mass is 537 g/mol. The number of aliphatic carboxylic acids is 1. The Morgan fingerprint density at radius 3 is 1.74 bits per heavy atom. The van der Waals surface area contributed by atoms with Crippen LogP contribution >= 0.6 is 0 Å². The van der Waals surface area contributed by atoms with Crippen LogP contribution < -0.4 is 0 Å². The summed E-state index contributed by atoms with van der Waals surface area (Å²) >= 11 is 0. The average molecular weight is 538 g/mol. The second kappa shape index (κ2) is 23.8. The van der Waals surface area contributed by atoms with Gasteiger partial charge in [0.25, 0.3) is 0 Å². The summed E-state index contributed by atoms with van der Waals surface area (Å²) in [6, 6.07) is 0. The second-order valence-electron chi connectivity index (χ2n) is 12.4. The smallest absolute Gasteiger partial charge is 0.306 e. The Labute approximate surface area is 235 Å². The molecule has 0 saturated heterocycles. The van der Waals surface area contributed by atoms with Gasteiger partial charge in [0.2, 0.25) is 0 Å². The molecule has 0 aromatic heterocycles. The van der Waals surface area contributed by atoms with Gasteiger partial charge in [-0.3, -0.25) is 9.59 Å². The highest BCUT2D eigenvalue weighted by Crippen LogP contribution is 2.45. The number of carboxylic acids is 1. The maximum Gasteiger partial charge on any atom is 0.306 e. The van der Waals surface area contributed by atoms with Crippen LogP contribution in [0.5, 0.6) is 0 Å². The number of carbonyl (C=O) groups is 2. The molecular formula is C33H63NO4. The third-order valence-corrected chi connectivity index (χ3v) is 8.30. The maximum atomic E-state index is 12.4. The number of ether oxygens (including phenoxy) is 1. The van der Waals surface area contributed by atoms with Crippen LogP contribution in [0.4, 0.5) is 0 Å². The largest absolute Gasteiger partial charge is 0.481 e. The fraction of sp³-hybridized carbons (Fsp3) is 0.939. The molecule has 0 amide bonds. The van der Waals surface area contributed by atoms with Gasteiger partial charge in [-0.25, -0.2) is 0 Å². The van der Waals surface area contributed by atoms with Crippen molar-refractivity contribution < 1.29 is 19.4 Å². The van der Waals surface area contributed by atoms with E-state index < -0.39 is 5.97 Å². The lowest BCUT2D eigenvalue weighted by Crippen LogP contribution is -2.20. The van der Waals surface area contributed by atoms with Crippen LogP contribution in [-0.2, 0) is 14.3 Å². The normalized spacial score (nSPS) is 17.6. The van der Waals surface area contributed by atoms with Gasteiger partial charge >= 0.3 is 11.9 Å². The summed E-state index contributed by atoms with van der Waals surface area (Å²) in [5.74, 6) is 1.22. The number of carboxylic acid groups (broad SMARTS) is 1. The van der Waals surface area contributed by atoms with Gasteiger partial charge in [0, 0.05) is 12.8 Å². The molecule has 1 fully saturated rings. The van der Waals surface area contributed by atoms with Crippen molar-refractivity contribution in [3.05, 3.63) is 0 Å². The van der Waals surface area contributed by atoms with Crippen LogP contribution in [-0.4, -0.2) is 48.7 Å². The minimum atomic E-state index is -0.660. The van der Waals surface area contributed by atoms with E-state index in [0.29, 0.717) is 12.8 Å². The molecule has 0 aromatic rings. The van der Waals surface area contributed by atoms with E-state index in [9.17, 15) is 9.59 Å². The summed E-state index contributed by atoms with van der Waals surface area (Å²) in [6.07, 6.45) is 28.1. The molecule has 0 heterocycles. The molecule has 0 aliphatic heterocycles. The van der Waals surface area contributed by atoms with Crippen molar-refractivity contribution in [3.63, 3.8) is 0 Å². The highest BCUT2D eigenvalue weighted by Gasteiger charge is 2.35. The van der Waals surface area contributed by atoms with Crippen molar-refractivity contribution in [2.75, 3.05) is 20.6 Å². The Balaban J connectivity index is 2.08. The quantitative estimate of drug-likeness (QED) is 0.0796. The molecule has 0 radical (unpaired) electrons. The lowest BCUT2D eigenvalue weighted by molar-refractivity contribution is -0.150. The zero-order valence-electron chi connectivity index (χ0n) is 25.5. The van der Waals surface area contributed by atoms with Crippen LogP contribution in [0.25, 0.3) is 0 Å². The molecule has 1 aliphatic carbocycles. The van der Waals surface area contributed by atoms with Gasteiger partial charge in [-0.2, -0.15) is 0 Å². The summed E-state index contributed by atoms with van der Waals surface area (Å²) in [7, 11) is 4.10. The first-order valence-corrected chi connectivity index (χ1v) is 16.5. The first-order chi connectivity index (χ1) is 18.4. The summed E-state index contributed by atoms with van der Waals surface area (Å²) in [5.41, 5.74) is 0. The lowest BCUT2D eigenvalue weighted by atomic mass is 10.0. The van der Waals surface area contributed by atoms with E-state index in [4.69, 9.17) is 9.84 Å². The van der Waals surface area contributed by atoms with Crippen molar-refractivity contribution >= 4 is 11.9 Å². The van der Waals surface area contributed by atoms with Crippen LogP contribution in [0.1, 0.15) is 161 Å². The molecule has 0 spiro atoms. The highest BCUT2D eigenvalue weighted by atomic mass is 16.5. The van der Waals surface area contributed by atoms with E-state index >= 15 is 0 Å². The zero-order chi connectivity index (χ0) is 27.8. The van der Waals surface area contributed by atoms with E-state index in [1.54, 1.807) is 0 Å². The fourth-order valence-electron chi connectivity index (χ4n) is 5.74. The Morgan fingerprint density at radius 2 is 1.21 bits per heavy atom. The van der Waals surface area contributed by atoms with E-state index in [1.165, 1.54) is 109 Å². The Morgan fingerprint density at radius 1 is 0.711 bits per heavy atom. The van der Waals surface area contributed by atoms with E-state index in [-0.39, 0.29) is 12.1 Å². The number of hydrogen-bond donors (Lipinski definition) is 1. The predicted octanol–water partition coefficient (Wildman–Crippen LogP) is 9.17. The molecule has 1 saturated carbocycles. The molecular weight excluding hydrogens is 474 g/mol. The number of unbranched alkanes of at least 4 members (excludes halogenated alkanes) is 13. The Kier molecular flexibility index (Phi) is 21.8. The molecule has 38 heavy (non-hydrogen) atoms. The third-order valence-electron chi connectivity index (χ3n) is 8.30. The van der Waals surface area contributed by atoms with E-state index in [1.807, 2.05) is 14.1 Å². The summed E-state index contributed by atoms with van der Waals surface area (Å²) < 4.78 is 5.93. The second-order valence-corrected chi connectivity index (χ2v) is 12.4.